The topological polar surface area (TPSA) is 62.7 Å². The normalized spacial score (nSPS) is 17.3. The highest BCUT2D eigenvalue weighted by Gasteiger charge is 2.36. The second-order valence-electron chi connectivity index (χ2n) is 9.05. The van der Waals surface area contributed by atoms with E-state index in [-0.39, 0.29) is 18.0 Å². The lowest BCUT2D eigenvalue weighted by atomic mass is 10.0. The molecule has 3 rings (SSSR count). The molecule has 166 valence electrons. The van der Waals surface area contributed by atoms with Gasteiger partial charge in [-0.25, -0.2) is 9.78 Å². The fourth-order valence-corrected chi connectivity index (χ4v) is 3.92. The van der Waals surface area contributed by atoms with E-state index in [1.807, 2.05) is 82.0 Å². The Balaban J connectivity index is 1.99. The van der Waals surface area contributed by atoms with Gasteiger partial charge in [0.25, 0.3) is 5.91 Å². The molecule has 2 aromatic rings. The Hall–Kier alpha value is -2.89. The van der Waals surface area contributed by atoms with Crippen molar-refractivity contribution in [2.24, 2.45) is 0 Å². The van der Waals surface area contributed by atoms with Crippen LogP contribution in [0.15, 0.2) is 48.7 Å². The first-order valence-electron chi connectivity index (χ1n) is 11.1. The van der Waals surface area contributed by atoms with Crippen molar-refractivity contribution in [2.75, 3.05) is 11.4 Å². The molecule has 6 heteroatoms. The van der Waals surface area contributed by atoms with Crippen LogP contribution in [0.4, 0.5) is 10.6 Å². The molecule has 1 aromatic heterocycles. The summed E-state index contributed by atoms with van der Waals surface area (Å²) in [5, 5.41) is 0. The molecule has 31 heavy (non-hydrogen) atoms. The zero-order valence-electron chi connectivity index (χ0n) is 19.2. The summed E-state index contributed by atoms with van der Waals surface area (Å²) < 4.78 is 5.70. The second-order valence-corrected chi connectivity index (χ2v) is 9.05. The lowest BCUT2D eigenvalue weighted by Gasteiger charge is -2.34. The van der Waals surface area contributed by atoms with Gasteiger partial charge in [0.05, 0.1) is 6.04 Å². The number of amides is 2. The monoisotopic (exact) mass is 423 g/mol. The van der Waals surface area contributed by atoms with Crippen LogP contribution in [0.25, 0.3) is 0 Å². The molecule has 0 bridgehead atoms. The third-order valence-corrected chi connectivity index (χ3v) is 5.56. The maximum absolute atomic E-state index is 13.2. The Labute approximate surface area is 185 Å². The number of carbonyl (C=O) groups is 2. The van der Waals surface area contributed by atoms with Crippen molar-refractivity contribution in [3.8, 4) is 0 Å². The Morgan fingerprint density at radius 3 is 2.55 bits per heavy atom. The maximum Gasteiger partial charge on any atom is 0.416 e. The summed E-state index contributed by atoms with van der Waals surface area (Å²) in [5.41, 5.74) is 0.946. The molecule has 0 saturated carbocycles. The van der Waals surface area contributed by atoms with Crippen molar-refractivity contribution in [2.45, 2.75) is 71.6 Å². The predicted molar refractivity (Wildman–Crippen MR) is 122 cm³/mol. The van der Waals surface area contributed by atoms with Gasteiger partial charge in [-0.2, -0.15) is 0 Å². The first-order valence-corrected chi connectivity index (χ1v) is 11.1. The molecule has 0 radical (unpaired) electrons. The summed E-state index contributed by atoms with van der Waals surface area (Å²) in [4.78, 5) is 34.5. The maximum atomic E-state index is 13.2. The number of hydrogen-bond donors (Lipinski definition) is 0. The molecule has 2 unspecified atom stereocenters. The van der Waals surface area contributed by atoms with Crippen molar-refractivity contribution in [1.29, 1.82) is 0 Å². The number of carbonyl (C=O) groups excluding carboxylic acids is 2. The number of anilines is 1. The number of pyridine rings is 1. The average molecular weight is 424 g/mol. The largest absolute Gasteiger partial charge is 0.443 e. The number of nitrogens with zero attached hydrogens (tertiary/aromatic N) is 3. The number of benzene rings is 1. The first kappa shape index (κ1) is 22.8. The van der Waals surface area contributed by atoms with Gasteiger partial charge in [-0.15, -0.1) is 0 Å². The van der Waals surface area contributed by atoms with E-state index in [1.54, 1.807) is 11.1 Å². The summed E-state index contributed by atoms with van der Waals surface area (Å²) in [6.45, 7) is 10.3. The number of aromatic nitrogens is 1. The van der Waals surface area contributed by atoms with Crippen LogP contribution in [0, 0.1) is 0 Å². The Kier molecular flexibility index (Phi) is 6.98. The molecule has 2 amide bonds. The molecule has 0 spiro atoms. The van der Waals surface area contributed by atoms with E-state index >= 15 is 0 Å². The van der Waals surface area contributed by atoms with Gasteiger partial charge >= 0.3 is 6.09 Å². The molecular formula is C25H33N3O3. The molecule has 1 fully saturated rings. The highest BCUT2D eigenvalue weighted by molar-refractivity contribution is 5.95. The highest BCUT2D eigenvalue weighted by atomic mass is 16.6. The average Bonchev–Trinajstić information content (AvgIpc) is 3.22. The van der Waals surface area contributed by atoms with Crippen LogP contribution in [0.3, 0.4) is 0 Å². The number of rotatable bonds is 5. The second kappa shape index (κ2) is 9.50. The standard InChI is InChI=1S/C25H33N3O3/c1-6-18(2)28(24(30)31-25(3,4)5)22-20(14-10-16-26-22)21-15-11-17-27(21)23(29)19-12-8-7-9-13-19/h7-10,12-14,16,18,21H,6,11,15,17H2,1-5H3. The van der Waals surface area contributed by atoms with Crippen LogP contribution in [0.5, 0.6) is 0 Å². The van der Waals surface area contributed by atoms with Crippen LogP contribution in [0.2, 0.25) is 0 Å². The van der Waals surface area contributed by atoms with Gasteiger partial charge in [0, 0.05) is 29.9 Å². The van der Waals surface area contributed by atoms with Crippen molar-refractivity contribution in [3.05, 3.63) is 59.8 Å². The lowest BCUT2D eigenvalue weighted by Crippen LogP contribution is -2.43. The molecule has 2 atom stereocenters. The SMILES string of the molecule is CCC(C)N(C(=O)OC(C)(C)C)c1ncccc1C1CCCN1C(=O)c1ccccc1. The molecule has 1 aliphatic heterocycles. The first-order chi connectivity index (χ1) is 14.7. The molecule has 6 nitrogen and oxygen atoms in total. The lowest BCUT2D eigenvalue weighted by molar-refractivity contribution is 0.0565. The Bertz CT molecular complexity index is 908. The van der Waals surface area contributed by atoms with Gasteiger partial charge < -0.3 is 9.64 Å². The van der Waals surface area contributed by atoms with Crippen LogP contribution >= 0.6 is 0 Å². The van der Waals surface area contributed by atoms with Gasteiger partial charge in [0.15, 0.2) is 0 Å². The number of hydrogen-bond acceptors (Lipinski definition) is 4. The third-order valence-electron chi connectivity index (χ3n) is 5.56. The minimum atomic E-state index is -0.611. The summed E-state index contributed by atoms with van der Waals surface area (Å²) >= 11 is 0. The fourth-order valence-electron chi connectivity index (χ4n) is 3.92. The minimum absolute atomic E-state index is 0.00487. The molecule has 1 saturated heterocycles. The van der Waals surface area contributed by atoms with Crippen molar-refractivity contribution in [3.63, 3.8) is 0 Å². The van der Waals surface area contributed by atoms with Gasteiger partial charge in [-0.05, 0) is 65.2 Å². The summed E-state index contributed by atoms with van der Waals surface area (Å²) in [5.74, 6) is 0.578. The molecule has 1 aromatic carbocycles. The van der Waals surface area contributed by atoms with Gasteiger partial charge in [-0.3, -0.25) is 9.69 Å². The van der Waals surface area contributed by atoms with E-state index in [4.69, 9.17) is 4.74 Å². The zero-order chi connectivity index (χ0) is 22.6. The van der Waals surface area contributed by atoms with Crippen LogP contribution in [-0.2, 0) is 4.74 Å². The Morgan fingerprint density at radius 1 is 1.19 bits per heavy atom. The van der Waals surface area contributed by atoms with E-state index in [1.165, 1.54) is 0 Å². The number of ether oxygens (including phenoxy) is 1. The quantitative estimate of drug-likeness (QED) is 0.628. The van der Waals surface area contributed by atoms with Gasteiger partial charge in [0.2, 0.25) is 0 Å². The van der Waals surface area contributed by atoms with E-state index in [0.717, 1.165) is 24.8 Å². The number of likely N-dealkylation sites (tertiary alicyclic amines) is 1. The van der Waals surface area contributed by atoms with Crippen LogP contribution in [0.1, 0.15) is 75.8 Å². The summed E-state index contributed by atoms with van der Waals surface area (Å²) in [6, 6.07) is 13.0. The summed E-state index contributed by atoms with van der Waals surface area (Å²) in [7, 11) is 0. The van der Waals surface area contributed by atoms with Crippen molar-refractivity contribution >= 4 is 17.8 Å². The minimum Gasteiger partial charge on any atom is -0.443 e. The van der Waals surface area contributed by atoms with E-state index in [9.17, 15) is 9.59 Å². The van der Waals surface area contributed by atoms with Crippen molar-refractivity contribution in [1.82, 2.24) is 9.88 Å². The van der Waals surface area contributed by atoms with Crippen LogP contribution in [-0.4, -0.2) is 40.1 Å². The predicted octanol–water partition coefficient (Wildman–Crippen LogP) is 5.60. The molecule has 0 N–H and O–H groups in total. The van der Waals surface area contributed by atoms with Crippen LogP contribution < -0.4 is 4.90 Å². The van der Waals surface area contributed by atoms with Gasteiger partial charge in [0.1, 0.15) is 11.4 Å². The van der Waals surface area contributed by atoms with E-state index in [2.05, 4.69) is 4.98 Å². The fraction of sp³-hybridized carbons (Fsp3) is 0.480. The third kappa shape index (κ3) is 5.24. The molecular weight excluding hydrogens is 390 g/mol. The molecule has 0 aliphatic carbocycles. The molecule has 1 aliphatic rings. The van der Waals surface area contributed by atoms with E-state index < -0.39 is 11.7 Å². The Morgan fingerprint density at radius 2 is 1.90 bits per heavy atom. The summed E-state index contributed by atoms with van der Waals surface area (Å²) in [6.07, 6.45) is 3.78. The van der Waals surface area contributed by atoms with Gasteiger partial charge in [-0.1, -0.05) is 31.2 Å². The zero-order valence-corrected chi connectivity index (χ0v) is 19.2. The molecule has 2 heterocycles. The van der Waals surface area contributed by atoms with Crippen molar-refractivity contribution < 1.29 is 14.3 Å². The van der Waals surface area contributed by atoms with E-state index in [0.29, 0.717) is 17.9 Å². The smallest absolute Gasteiger partial charge is 0.416 e. The highest BCUT2D eigenvalue weighted by Crippen LogP contribution is 2.38.